The van der Waals surface area contributed by atoms with Crippen molar-refractivity contribution < 1.29 is 0 Å². The highest BCUT2D eigenvalue weighted by Gasteiger charge is 2.44. The fraction of sp³-hybridized carbons (Fsp3) is 0.647. The van der Waals surface area contributed by atoms with Crippen molar-refractivity contribution in [3.8, 4) is 0 Å². The van der Waals surface area contributed by atoms with E-state index in [1.54, 1.807) is 5.56 Å². The summed E-state index contributed by atoms with van der Waals surface area (Å²) in [5, 5.41) is 0. The predicted molar refractivity (Wildman–Crippen MR) is 80.3 cm³/mol. The summed E-state index contributed by atoms with van der Waals surface area (Å²) in [6.45, 7) is 4.30. The molecule has 3 rings (SSSR count). The Kier molecular flexibility index (Phi) is 3.64. The molecule has 0 heterocycles. The van der Waals surface area contributed by atoms with Gasteiger partial charge in [-0.3, -0.25) is 4.90 Å². The summed E-state index contributed by atoms with van der Waals surface area (Å²) < 4.78 is 0. The average molecular weight is 258 g/mol. The second-order valence-electron chi connectivity index (χ2n) is 6.30. The normalized spacial score (nSPS) is 26.5. The standard InChI is InChI=1S/C17H26N2/c1-2-11-19(16-7-8-16)17(13-18)10-9-14-5-3-4-6-15(14)12-17/h3-6,16H,2,7-13,18H2,1H3. The van der Waals surface area contributed by atoms with Crippen LogP contribution in [0.15, 0.2) is 24.3 Å². The molecule has 1 atom stereocenters. The van der Waals surface area contributed by atoms with E-state index in [-0.39, 0.29) is 5.54 Å². The van der Waals surface area contributed by atoms with Crippen LogP contribution < -0.4 is 5.73 Å². The Bertz CT molecular complexity index is 439. The summed E-state index contributed by atoms with van der Waals surface area (Å²) >= 11 is 0. The van der Waals surface area contributed by atoms with E-state index in [1.165, 1.54) is 44.2 Å². The van der Waals surface area contributed by atoms with Crippen molar-refractivity contribution >= 4 is 0 Å². The van der Waals surface area contributed by atoms with Crippen molar-refractivity contribution in [2.45, 2.75) is 57.0 Å². The van der Waals surface area contributed by atoms with E-state index < -0.39 is 0 Å². The lowest BCUT2D eigenvalue weighted by atomic mass is 9.76. The maximum atomic E-state index is 6.25. The third-order valence-electron chi connectivity index (χ3n) is 4.94. The summed E-state index contributed by atoms with van der Waals surface area (Å²) in [4.78, 5) is 2.75. The van der Waals surface area contributed by atoms with E-state index in [0.717, 1.165) is 19.0 Å². The van der Waals surface area contributed by atoms with Crippen LogP contribution in [0, 0.1) is 0 Å². The number of hydrogen-bond acceptors (Lipinski definition) is 2. The predicted octanol–water partition coefficient (Wildman–Crippen LogP) is 2.75. The van der Waals surface area contributed by atoms with E-state index in [4.69, 9.17) is 5.73 Å². The molecule has 1 saturated carbocycles. The van der Waals surface area contributed by atoms with E-state index in [2.05, 4.69) is 36.1 Å². The van der Waals surface area contributed by atoms with Gasteiger partial charge in [0.05, 0.1) is 0 Å². The Morgan fingerprint density at radius 3 is 2.63 bits per heavy atom. The van der Waals surface area contributed by atoms with Crippen molar-refractivity contribution in [1.82, 2.24) is 4.90 Å². The van der Waals surface area contributed by atoms with Gasteiger partial charge >= 0.3 is 0 Å². The van der Waals surface area contributed by atoms with Gasteiger partial charge in [0.2, 0.25) is 0 Å². The molecule has 104 valence electrons. The number of rotatable bonds is 5. The molecule has 1 unspecified atom stereocenters. The summed E-state index contributed by atoms with van der Waals surface area (Å²) in [6, 6.07) is 9.74. The largest absolute Gasteiger partial charge is 0.329 e. The van der Waals surface area contributed by atoms with Crippen molar-refractivity contribution in [1.29, 1.82) is 0 Å². The zero-order valence-corrected chi connectivity index (χ0v) is 12.1. The first-order valence-corrected chi connectivity index (χ1v) is 7.83. The molecular formula is C17H26N2. The van der Waals surface area contributed by atoms with Gasteiger partial charge in [-0.25, -0.2) is 0 Å². The Hall–Kier alpha value is -0.860. The number of aryl methyl sites for hydroxylation is 1. The van der Waals surface area contributed by atoms with E-state index in [0.29, 0.717) is 0 Å². The number of hydrogen-bond donors (Lipinski definition) is 1. The van der Waals surface area contributed by atoms with Crippen LogP contribution in [0.3, 0.4) is 0 Å². The van der Waals surface area contributed by atoms with E-state index in [1.807, 2.05) is 0 Å². The Balaban J connectivity index is 1.87. The SMILES string of the molecule is CCCN(C1CC1)C1(CN)CCc2ccccc2C1. The fourth-order valence-corrected chi connectivity index (χ4v) is 3.75. The van der Waals surface area contributed by atoms with Gasteiger partial charge in [0.25, 0.3) is 0 Å². The molecule has 0 radical (unpaired) electrons. The minimum absolute atomic E-state index is 0.228. The lowest BCUT2D eigenvalue weighted by molar-refractivity contribution is 0.0704. The maximum absolute atomic E-state index is 6.25. The molecule has 2 aliphatic rings. The molecule has 2 nitrogen and oxygen atoms in total. The van der Waals surface area contributed by atoms with Gasteiger partial charge in [-0.2, -0.15) is 0 Å². The van der Waals surface area contributed by atoms with Crippen molar-refractivity contribution in [2.75, 3.05) is 13.1 Å². The minimum Gasteiger partial charge on any atom is -0.329 e. The summed E-state index contributed by atoms with van der Waals surface area (Å²) in [5.74, 6) is 0. The first kappa shape index (κ1) is 13.1. The molecule has 2 aliphatic carbocycles. The third-order valence-corrected chi connectivity index (χ3v) is 4.94. The van der Waals surface area contributed by atoms with Crippen molar-refractivity contribution in [3.63, 3.8) is 0 Å². The molecule has 1 fully saturated rings. The Labute approximate surface area is 117 Å². The monoisotopic (exact) mass is 258 g/mol. The molecule has 0 bridgehead atoms. The van der Waals surface area contributed by atoms with Crippen molar-refractivity contribution in [3.05, 3.63) is 35.4 Å². The van der Waals surface area contributed by atoms with Crippen LogP contribution in [-0.2, 0) is 12.8 Å². The molecule has 0 aromatic heterocycles. The van der Waals surface area contributed by atoms with E-state index >= 15 is 0 Å². The highest BCUT2D eigenvalue weighted by Crippen LogP contribution is 2.39. The lowest BCUT2D eigenvalue weighted by Crippen LogP contribution is -2.58. The number of fused-ring (bicyclic) bond motifs is 1. The van der Waals surface area contributed by atoms with Gasteiger partial charge in [-0.1, -0.05) is 31.2 Å². The minimum atomic E-state index is 0.228. The molecule has 1 aromatic carbocycles. The first-order valence-electron chi connectivity index (χ1n) is 7.83. The Morgan fingerprint density at radius 2 is 2.00 bits per heavy atom. The molecule has 2 N–H and O–H groups in total. The van der Waals surface area contributed by atoms with E-state index in [9.17, 15) is 0 Å². The van der Waals surface area contributed by atoms with Crippen molar-refractivity contribution in [2.24, 2.45) is 5.73 Å². The van der Waals surface area contributed by atoms with Gasteiger partial charge in [0, 0.05) is 18.1 Å². The number of nitrogens with zero attached hydrogens (tertiary/aromatic N) is 1. The van der Waals surface area contributed by atoms with Gasteiger partial charge in [-0.15, -0.1) is 0 Å². The first-order chi connectivity index (χ1) is 9.29. The molecule has 1 aromatic rings. The fourth-order valence-electron chi connectivity index (χ4n) is 3.75. The quantitative estimate of drug-likeness (QED) is 0.880. The molecule has 0 saturated heterocycles. The van der Waals surface area contributed by atoms with Crippen LogP contribution in [0.1, 0.15) is 43.7 Å². The topological polar surface area (TPSA) is 29.3 Å². The second kappa shape index (κ2) is 5.26. The van der Waals surface area contributed by atoms with Crippen LogP contribution in [0.4, 0.5) is 0 Å². The number of benzene rings is 1. The van der Waals surface area contributed by atoms with Crippen LogP contribution >= 0.6 is 0 Å². The molecule has 0 aliphatic heterocycles. The van der Waals surface area contributed by atoms with Gasteiger partial charge in [-0.05, 0) is 56.2 Å². The highest BCUT2D eigenvalue weighted by atomic mass is 15.3. The van der Waals surface area contributed by atoms with Crippen LogP contribution in [0.2, 0.25) is 0 Å². The lowest BCUT2D eigenvalue weighted by Gasteiger charge is -2.47. The molecule has 0 spiro atoms. The molecule has 0 amide bonds. The average Bonchev–Trinajstić information content (AvgIpc) is 3.28. The van der Waals surface area contributed by atoms with Gasteiger partial charge in [0.15, 0.2) is 0 Å². The van der Waals surface area contributed by atoms with Crippen LogP contribution in [0.25, 0.3) is 0 Å². The van der Waals surface area contributed by atoms with Gasteiger partial charge in [0.1, 0.15) is 0 Å². The maximum Gasteiger partial charge on any atom is 0.0378 e. The highest BCUT2D eigenvalue weighted by molar-refractivity contribution is 5.32. The Morgan fingerprint density at radius 1 is 1.26 bits per heavy atom. The summed E-state index contributed by atoms with van der Waals surface area (Å²) in [5.41, 5.74) is 9.55. The summed E-state index contributed by atoms with van der Waals surface area (Å²) in [6.07, 6.45) is 7.57. The zero-order chi connectivity index (χ0) is 13.3. The molecular weight excluding hydrogens is 232 g/mol. The second-order valence-corrected chi connectivity index (χ2v) is 6.30. The number of nitrogens with two attached hydrogens (primary N) is 1. The van der Waals surface area contributed by atoms with Crippen LogP contribution in [0.5, 0.6) is 0 Å². The van der Waals surface area contributed by atoms with Gasteiger partial charge < -0.3 is 5.73 Å². The van der Waals surface area contributed by atoms with Crippen LogP contribution in [-0.4, -0.2) is 29.6 Å². The third kappa shape index (κ3) is 2.44. The molecule has 19 heavy (non-hydrogen) atoms. The summed E-state index contributed by atoms with van der Waals surface area (Å²) in [7, 11) is 0. The molecule has 2 heteroatoms. The zero-order valence-electron chi connectivity index (χ0n) is 12.1. The smallest absolute Gasteiger partial charge is 0.0378 e.